The first-order valence-corrected chi connectivity index (χ1v) is 5.80. The standard InChI is InChI=1S/C12H10ClNO3/c13-8-3-1-7(2-4-8)11(15)14-6-9-5-10(14)12(16)17-9/h1-4,9-10H,5-6H2. The molecular weight excluding hydrogens is 242 g/mol. The summed E-state index contributed by atoms with van der Waals surface area (Å²) < 4.78 is 5.04. The van der Waals surface area contributed by atoms with E-state index in [4.69, 9.17) is 16.3 Å². The van der Waals surface area contributed by atoms with E-state index in [1.165, 1.54) is 0 Å². The smallest absolute Gasteiger partial charge is 0.329 e. The van der Waals surface area contributed by atoms with Crippen molar-refractivity contribution in [1.82, 2.24) is 4.90 Å². The van der Waals surface area contributed by atoms with Gasteiger partial charge < -0.3 is 9.64 Å². The summed E-state index contributed by atoms with van der Waals surface area (Å²) in [6.07, 6.45) is 0.502. The summed E-state index contributed by atoms with van der Waals surface area (Å²) in [6.45, 7) is 0.498. The first-order chi connectivity index (χ1) is 8.15. The summed E-state index contributed by atoms with van der Waals surface area (Å²) >= 11 is 5.76. The van der Waals surface area contributed by atoms with E-state index in [9.17, 15) is 9.59 Å². The van der Waals surface area contributed by atoms with E-state index in [1.54, 1.807) is 29.2 Å². The zero-order chi connectivity index (χ0) is 12.0. The molecule has 5 heteroatoms. The Bertz CT molecular complexity index is 485. The topological polar surface area (TPSA) is 46.6 Å². The zero-order valence-electron chi connectivity index (χ0n) is 8.93. The Balaban J connectivity index is 1.84. The molecule has 2 bridgehead atoms. The van der Waals surface area contributed by atoms with Crippen LogP contribution < -0.4 is 0 Å². The van der Waals surface area contributed by atoms with Gasteiger partial charge in [0.25, 0.3) is 5.91 Å². The van der Waals surface area contributed by atoms with Gasteiger partial charge in [-0.1, -0.05) is 11.6 Å². The second-order valence-corrected chi connectivity index (χ2v) is 4.71. The van der Waals surface area contributed by atoms with Crippen molar-refractivity contribution in [2.24, 2.45) is 0 Å². The molecule has 88 valence electrons. The summed E-state index contributed by atoms with van der Waals surface area (Å²) in [5.74, 6) is -0.422. The van der Waals surface area contributed by atoms with Crippen LogP contribution in [0.5, 0.6) is 0 Å². The van der Waals surface area contributed by atoms with Gasteiger partial charge in [-0.3, -0.25) is 4.79 Å². The third-order valence-electron chi connectivity index (χ3n) is 3.17. The lowest BCUT2D eigenvalue weighted by molar-refractivity contribution is -0.149. The van der Waals surface area contributed by atoms with Crippen molar-refractivity contribution < 1.29 is 14.3 Å². The molecule has 2 unspecified atom stereocenters. The molecule has 2 fully saturated rings. The van der Waals surface area contributed by atoms with E-state index in [-0.39, 0.29) is 18.0 Å². The Morgan fingerprint density at radius 3 is 2.65 bits per heavy atom. The van der Waals surface area contributed by atoms with Crippen LogP contribution in [0.3, 0.4) is 0 Å². The second-order valence-electron chi connectivity index (χ2n) is 4.27. The van der Waals surface area contributed by atoms with Crippen LogP contribution in [0, 0.1) is 0 Å². The van der Waals surface area contributed by atoms with Crippen molar-refractivity contribution in [3.63, 3.8) is 0 Å². The lowest BCUT2D eigenvalue weighted by Crippen LogP contribution is -2.44. The molecule has 3 rings (SSSR count). The Morgan fingerprint density at radius 2 is 2.06 bits per heavy atom. The number of likely N-dealkylation sites (tertiary alicyclic amines) is 1. The van der Waals surface area contributed by atoms with Crippen LogP contribution in [-0.2, 0) is 9.53 Å². The predicted molar refractivity (Wildman–Crippen MR) is 60.8 cm³/mol. The average Bonchev–Trinajstić information content (AvgIpc) is 2.87. The summed E-state index contributed by atoms with van der Waals surface area (Å²) in [4.78, 5) is 25.2. The predicted octanol–water partition coefficient (Wildman–Crippen LogP) is 1.48. The first kappa shape index (κ1) is 10.6. The summed E-state index contributed by atoms with van der Waals surface area (Å²) in [5.41, 5.74) is 0.551. The number of halogens is 1. The van der Waals surface area contributed by atoms with Gasteiger partial charge in [-0.25, -0.2) is 4.79 Å². The van der Waals surface area contributed by atoms with Crippen LogP contribution in [0.25, 0.3) is 0 Å². The van der Waals surface area contributed by atoms with Crippen LogP contribution in [0.1, 0.15) is 16.8 Å². The van der Waals surface area contributed by atoms with Crippen LogP contribution in [-0.4, -0.2) is 35.5 Å². The number of carbonyl (C=O) groups is 2. The lowest BCUT2D eigenvalue weighted by atomic mass is 10.2. The van der Waals surface area contributed by atoms with Crippen LogP contribution in [0.4, 0.5) is 0 Å². The Morgan fingerprint density at radius 1 is 1.35 bits per heavy atom. The highest BCUT2D eigenvalue weighted by molar-refractivity contribution is 6.30. The molecule has 17 heavy (non-hydrogen) atoms. The van der Waals surface area contributed by atoms with Gasteiger partial charge in [-0.15, -0.1) is 0 Å². The fraction of sp³-hybridized carbons (Fsp3) is 0.333. The van der Waals surface area contributed by atoms with Gasteiger partial charge in [0.05, 0.1) is 6.54 Å². The maximum Gasteiger partial charge on any atom is 0.329 e. The molecule has 2 saturated heterocycles. The number of carbonyl (C=O) groups excluding carboxylic acids is 2. The summed E-state index contributed by atoms with van der Waals surface area (Å²) in [5, 5.41) is 0.587. The van der Waals surface area contributed by atoms with Crippen LogP contribution >= 0.6 is 11.6 Å². The number of ether oxygens (including phenoxy) is 1. The van der Waals surface area contributed by atoms with Crippen molar-refractivity contribution in [1.29, 1.82) is 0 Å². The molecule has 0 radical (unpaired) electrons. The van der Waals surface area contributed by atoms with Crippen molar-refractivity contribution in [3.8, 4) is 0 Å². The van der Waals surface area contributed by atoms with E-state index in [1.807, 2.05) is 0 Å². The Labute approximate surface area is 103 Å². The number of morpholine rings is 1. The number of amides is 1. The number of rotatable bonds is 1. The Kier molecular flexibility index (Phi) is 2.33. The molecule has 0 spiro atoms. The molecule has 0 aliphatic carbocycles. The highest BCUT2D eigenvalue weighted by Gasteiger charge is 2.48. The number of fused-ring (bicyclic) bond motifs is 2. The molecule has 2 heterocycles. The minimum absolute atomic E-state index is 0.122. The van der Waals surface area contributed by atoms with E-state index < -0.39 is 6.04 Å². The first-order valence-electron chi connectivity index (χ1n) is 5.42. The van der Waals surface area contributed by atoms with E-state index in [0.717, 1.165) is 0 Å². The minimum atomic E-state index is -0.400. The SMILES string of the molecule is O=C1OC2CC1N(C(=O)c1ccc(Cl)cc1)C2. The quantitative estimate of drug-likeness (QED) is 0.711. The van der Waals surface area contributed by atoms with Gasteiger partial charge in [-0.05, 0) is 24.3 Å². The highest BCUT2D eigenvalue weighted by Crippen LogP contribution is 2.30. The van der Waals surface area contributed by atoms with E-state index in [2.05, 4.69) is 0 Å². The van der Waals surface area contributed by atoms with Gasteiger partial charge in [0.15, 0.2) is 0 Å². The lowest BCUT2D eigenvalue weighted by Gasteiger charge is -2.25. The third-order valence-corrected chi connectivity index (χ3v) is 3.42. The van der Waals surface area contributed by atoms with Gasteiger partial charge in [0.1, 0.15) is 12.1 Å². The molecule has 2 aliphatic heterocycles. The number of nitrogens with zero attached hydrogens (tertiary/aromatic N) is 1. The highest BCUT2D eigenvalue weighted by atomic mass is 35.5. The molecule has 0 saturated carbocycles. The number of benzene rings is 1. The maximum absolute atomic E-state index is 12.2. The maximum atomic E-state index is 12.2. The fourth-order valence-electron chi connectivity index (χ4n) is 2.33. The summed E-state index contributed by atoms with van der Waals surface area (Å²) in [7, 11) is 0. The molecular formula is C12H10ClNO3. The molecule has 1 aromatic carbocycles. The Hall–Kier alpha value is -1.55. The molecule has 1 amide bonds. The normalized spacial score (nSPS) is 26.2. The molecule has 0 N–H and O–H groups in total. The molecule has 4 nitrogen and oxygen atoms in total. The summed E-state index contributed by atoms with van der Waals surface area (Å²) in [6, 6.07) is 6.27. The van der Waals surface area contributed by atoms with Crippen molar-refractivity contribution in [3.05, 3.63) is 34.9 Å². The van der Waals surface area contributed by atoms with Crippen molar-refractivity contribution in [2.75, 3.05) is 6.54 Å². The molecule has 2 aliphatic rings. The van der Waals surface area contributed by atoms with Crippen molar-refractivity contribution in [2.45, 2.75) is 18.6 Å². The van der Waals surface area contributed by atoms with Gasteiger partial charge in [0.2, 0.25) is 0 Å². The van der Waals surface area contributed by atoms with Crippen LogP contribution in [0.2, 0.25) is 5.02 Å². The van der Waals surface area contributed by atoms with Crippen LogP contribution in [0.15, 0.2) is 24.3 Å². The van der Waals surface area contributed by atoms with Gasteiger partial charge >= 0.3 is 5.97 Å². The molecule has 2 atom stereocenters. The van der Waals surface area contributed by atoms with E-state index >= 15 is 0 Å². The fourth-order valence-corrected chi connectivity index (χ4v) is 2.46. The minimum Gasteiger partial charge on any atom is -0.459 e. The largest absolute Gasteiger partial charge is 0.459 e. The average molecular weight is 252 g/mol. The van der Waals surface area contributed by atoms with Crippen molar-refractivity contribution >= 4 is 23.5 Å². The number of esters is 1. The number of hydrogen-bond donors (Lipinski definition) is 0. The monoisotopic (exact) mass is 251 g/mol. The van der Waals surface area contributed by atoms with Gasteiger partial charge in [0, 0.05) is 17.0 Å². The second kappa shape index (κ2) is 3.74. The van der Waals surface area contributed by atoms with Gasteiger partial charge in [-0.2, -0.15) is 0 Å². The third kappa shape index (κ3) is 1.69. The molecule has 1 aromatic rings. The zero-order valence-corrected chi connectivity index (χ0v) is 9.68. The number of hydrogen-bond acceptors (Lipinski definition) is 3. The van der Waals surface area contributed by atoms with E-state index in [0.29, 0.717) is 23.6 Å². The molecule has 0 aromatic heterocycles.